The van der Waals surface area contributed by atoms with E-state index in [4.69, 9.17) is 0 Å². The summed E-state index contributed by atoms with van der Waals surface area (Å²) in [6.45, 7) is 0. The average Bonchev–Trinajstić information content (AvgIpc) is 1.90. The second-order valence-electron chi connectivity index (χ2n) is 1.59. The summed E-state index contributed by atoms with van der Waals surface area (Å²) in [7, 11) is 0. The third-order valence-corrected chi connectivity index (χ3v) is 0.967. The number of nitro groups is 1. The molecule has 54 valence electrons. The van der Waals surface area contributed by atoms with Crippen molar-refractivity contribution in [1.29, 1.82) is 0 Å². The van der Waals surface area contributed by atoms with Gasteiger partial charge in [0, 0.05) is 12.1 Å². The molecule has 0 saturated heterocycles. The molecule has 3 nitrogen and oxygen atoms in total. The van der Waals surface area contributed by atoms with Gasteiger partial charge in [0.1, 0.15) is 0 Å². The number of benzene rings is 1. The van der Waals surface area contributed by atoms with Crippen LogP contribution in [-0.2, 0) is 0 Å². The van der Waals surface area contributed by atoms with E-state index in [9.17, 15) is 10.1 Å². The zero-order chi connectivity index (χ0) is 6.69. The molecule has 0 N–H and O–H groups in total. The van der Waals surface area contributed by atoms with Crippen molar-refractivity contribution in [2.45, 2.75) is 0 Å². The van der Waals surface area contributed by atoms with Crippen molar-refractivity contribution in [2.24, 2.45) is 0 Å². The maximum absolute atomic E-state index is 10.0. The summed E-state index contributed by atoms with van der Waals surface area (Å²) in [6.07, 6.45) is 0. The average molecular weight is 227 g/mol. The van der Waals surface area contributed by atoms with E-state index in [1.165, 1.54) is 12.1 Å². The third kappa shape index (κ3) is 4.34. The summed E-state index contributed by atoms with van der Waals surface area (Å²) in [5, 5.41) is 10.0. The van der Waals surface area contributed by atoms with Crippen LogP contribution >= 0.6 is 0 Å². The van der Waals surface area contributed by atoms with Crippen LogP contribution < -0.4 is 17.0 Å². The van der Waals surface area contributed by atoms with E-state index >= 15 is 0 Å². The van der Waals surface area contributed by atoms with Crippen LogP contribution in [0.2, 0.25) is 0 Å². The first-order valence-electron chi connectivity index (χ1n) is 2.50. The molecule has 0 heterocycles. The molecule has 1 aromatic rings. The number of nitrogens with zero attached hydrogens (tertiary/aromatic N) is 1. The summed E-state index contributed by atoms with van der Waals surface area (Å²) in [5.74, 6) is 0. The van der Waals surface area contributed by atoms with E-state index in [2.05, 4.69) is 0 Å². The van der Waals surface area contributed by atoms with E-state index in [-0.39, 0.29) is 45.7 Å². The molecule has 0 unspecified atom stereocenters. The molecule has 0 aliphatic rings. The van der Waals surface area contributed by atoms with Crippen LogP contribution in [0.15, 0.2) is 30.3 Å². The maximum atomic E-state index is 10.0. The van der Waals surface area contributed by atoms with Gasteiger partial charge < -0.3 is 17.0 Å². The SMILES string of the molecule is O=[N+]([O-])c1ccccc1.[Br-].[Mg+2]. The topological polar surface area (TPSA) is 43.1 Å². The molecular formula is C6H5BrMgNO2+. The van der Waals surface area contributed by atoms with Crippen LogP contribution in [0.5, 0.6) is 0 Å². The first kappa shape index (κ1) is 13.5. The Morgan fingerprint density at radius 2 is 1.64 bits per heavy atom. The Morgan fingerprint density at radius 1 is 1.18 bits per heavy atom. The molecule has 5 heteroatoms. The molecule has 0 saturated carbocycles. The van der Waals surface area contributed by atoms with E-state index in [1.807, 2.05) is 0 Å². The summed E-state index contributed by atoms with van der Waals surface area (Å²) < 4.78 is 0. The van der Waals surface area contributed by atoms with Crippen molar-refractivity contribution in [3.05, 3.63) is 40.4 Å². The molecule has 0 atom stereocenters. The van der Waals surface area contributed by atoms with Gasteiger partial charge in [-0.05, 0) is 0 Å². The molecule has 0 spiro atoms. The molecule has 0 aliphatic heterocycles. The number of non-ortho nitro benzene ring substituents is 1. The molecular weight excluding hydrogens is 222 g/mol. The predicted molar refractivity (Wildman–Crippen MR) is 38.9 cm³/mol. The van der Waals surface area contributed by atoms with Crippen LogP contribution in [0.25, 0.3) is 0 Å². The number of halogens is 1. The van der Waals surface area contributed by atoms with Crippen LogP contribution in [0, 0.1) is 10.1 Å². The Morgan fingerprint density at radius 3 is 1.91 bits per heavy atom. The summed E-state index contributed by atoms with van der Waals surface area (Å²) in [4.78, 5) is 9.59. The fourth-order valence-corrected chi connectivity index (χ4v) is 0.550. The van der Waals surface area contributed by atoms with Gasteiger partial charge in [-0.1, -0.05) is 18.2 Å². The normalized spacial score (nSPS) is 7.27. The molecule has 0 fully saturated rings. The number of nitro benzene ring substituents is 1. The van der Waals surface area contributed by atoms with Crippen molar-refractivity contribution < 1.29 is 21.9 Å². The standard InChI is InChI=1S/C6H5NO2.BrH.Mg/c8-7(9)6-4-2-1-3-5-6;;/h1-5H;1H;/q;;+2/p-1. The predicted octanol–water partition coefficient (Wildman–Crippen LogP) is -1.78. The Kier molecular flexibility index (Phi) is 8.03. The van der Waals surface area contributed by atoms with Crippen molar-refractivity contribution in [2.75, 3.05) is 0 Å². The van der Waals surface area contributed by atoms with Crippen LogP contribution in [-0.4, -0.2) is 28.0 Å². The van der Waals surface area contributed by atoms with Gasteiger partial charge in [-0.2, -0.15) is 0 Å². The fraction of sp³-hybridized carbons (Fsp3) is 0. The van der Waals surface area contributed by atoms with E-state index < -0.39 is 4.92 Å². The summed E-state index contributed by atoms with van der Waals surface area (Å²) in [6, 6.07) is 7.93. The van der Waals surface area contributed by atoms with Crippen LogP contribution in [0.3, 0.4) is 0 Å². The van der Waals surface area contributed by atoms with Gasteiger partial charge in [0.15, 0.2) is 0 Å². The van der Waals surface area contributed by atoms with Crippen molar-refractivity contribution in [3.63, 3.8) is 0 Å². The number of rotatable bonds is 1. The largest absolute Gasteiger partial charge is 2.00 e. The first-order valence-corrected chi connectivity index (χ1v) is 2.50. The number of hydrogen-bond acceptors (Lipinski definition) is 2. The van der Waals surface area contributed by atoms with E-state index in [0.717, 1.165) is 0 Å². The summed E-state index contributed by atoms with van der Waals surface area (Å²) >= 11 is 0. The molecule has 0 bridgehead atoms. The molecule has 0 aromatic heterocycles. The van der Waals surface area contributed by atoms with Crippen molar-refractivity contribution >= 4 is 28.7 Å². The van der Waals surface area contributed by atoms with Gasteiger partial charge in [0.05, 0.1) is 4.92 Å². The number of para-hydroxylation sites is 1. The zero-order valence-corrected chi connectivity index (χ0v) is 8.74. The van der Waals surface area contributed by atoms with E-state index in [1.54, 1.807) is 18.2 Å². The fourth-order valence-electron chi connectivity index (χ4n) is 0.550. The Hall–Kier alpha value is -0.134. The van der Waals surface area contributed by atoms with Gasteiger partial charge in [0.2, 0.25) is 0 Å². The minimum atomic E-state index is -0.417. The molecule has 1 rings (SSSR count). The molecule has 1 aromatic carbocycles. The second-order valence-corrected chi connectivity index (χ2v) is 1.59. The maximum Gasteiger partial charge on any atom is 2.00 e. The Balaban J connectivity index is 0. The first-order chi connectivity index (χ1) is 4.30. The summed E-state index contributed by atoms with van der Waals surface area (Å²) in [5.41, 5.74) is 0.137. The number of hydrogen-bond donors (Lipinski definition) is 0. The van der Waals surface area contributed by atoms with Crippen LogP contribution in [0.4, 0.5) is 5.69 Å². The van der Waals surface area contributed by atoms with Gasteiger partial charge in [-0.25, -0.2) is 0 Å². The minimum absolute atomic E-state index is 0. The second kappa shape index (κ2) is 6.57. The van der Waals surface area contributed by atoms with Gasteiger partial charge in [-0.15, -0.1) is 0 Å². The Bertz CT molecular complexity index is 217. The molecule has 0 aliphatic carbocycles. The quantitative estimate of drug-likeness (QED) is 0.323. The van der Waals surface area contributed by atoms with Crippen molar-refractivity contribution in [1.82, 2.24) is 0 Å². The van der Waals surface area contributed by atoms with Gasteiger partial charge >= 0.3 is 23.1 Å². The molecule has 11 heavy (non-hydrogen) atoms. The zero-order valence-electron chi connectivity index (χ0n) is 5.74. The van der Waals surface area contributed by atoms with Crippen LogP contribution in [0.1, 0.15) is 0 Å². The van der Waals surface area contributed by atoms with E-state index in [0.29, 0.717) is 0 Å². The monoisotopic (exact) mass is 226 g/mol. The van der Waals surface area contributed by atoms with Gasteiger partial charge in [0.25, 0.3) is 5.69 Å². The Labute approximate surface area is 90.9 Å². The minimum Gasteiger partial charge on any atom is -1.00 e. The third-order valence-electron chi connectivity index (χ3n) is 0.967. The smallest absolute Gasteiger partial charge is 1.00 e. The van der Waals surface area contributed by atoms with Crippen molar-refractivity contribution in [3.8, 4) is 0 Å². The molecule has 0 radical (unpaired) electrons. The molecule has 0 amide bonds. The van der Waals surface area contributed by atoms with Gasteiger partial charge in [-0.3, -0.25) is 10.1 Å².